The summed E-state index contributed by atoms with van der Waals surface area (Å²) in [6, 6.07) is 0. The highest BCUT2D eigenvalue weighted by Crippen LogP contribution is 2.42. The quantitative estimate of drug-likeness (QED) is 0.557. The summed E-state index contributed by atoms with van der Waals surface area (Å²) in [4.78, 5) is 0. The molecule has 0 nitrogen and oxygen atoms in total. The molecule has 1 rings (SSSR count). The first-order valence-corrected chi connectivity index (χ1v) is 5.73. The molecule has 4 unspecified atom stereocenters. The highest BCUT2D eigenvalue weighted by atomic mass is 14.4. The Hall–Kier alpha value is -0.260. The molecule has 0 aromatic heterocycles. The summed E-state index contributed by atoms with van der Waals surface area (Å²) in [6.45, 7) is 13.5. The summed E-state index contributed by atoms with van der Waals surface area (Å²) in [5.41, 5.74) is 1.41. The van der Waals surface area contributed by atoms with Crippen LogP contribution in [0.25, 0.3) is 0 Å². The van der Waals surface area contributed by atoms with Crippen LogP contribution in [0.5, 0.6) is 0 Å². The van der Waals surface area contributed by atoms with Gasteiger partial charge in [0.25, 0.3) is 0 Å². The molecular formula is C13H24. The van der Waals surface area contributed by atoms with Crippen molar-refractivity contribution in [2.45, 2.75) is 47.0 Å². The van der Waals surface area contributed by atoms with Gasteiger partial charge in [0, 0.05) is 0 Å². The monoisotopic (exact) mass is 180 g/mol. The Morgan fingerprint density at radius 3 is 2.38 bits per heavy atom. The third-order valence-corrected chi connectivity index (χ3v) is 4.13. The van der Waals surface area contributed by atoms with Crippen molar-refractivity contribution in [3.05, 3.63) is 12.2 Å². The molecule has 1 saturated carbocycles. The molecule has 1 aliphatic rings. The maximum atomic E-state index is 4.14. The summed E-state index contributed by atoms with van der Waals surface area (Å²) in [6.07, 6.45) is 4.09. The van der Waals surface area contributed by atoms with Gasteiger partial charge in [0.2, 0.25) is 0 Å². The fourth-order valence-electron chi connectivity index (χ4n) is 2.98. The Morgan fingerprint density at radius 2 is 1.92 bits per heavy atom. The lowest BCUT2D eigenvalue weighted by Gasteiger charge is -2.40. The fourth-order valence-corrected chi connectivity index (χ4v) is 2.98. The largest absolute Gasteiger partial charge is 0.0999 e. The predicted molar refractivity (Wildman–Crippen MR) is 59.6 cm³/mol. The van der Waals surface area contributed by atoms with Crippen LogP contribution in [0.4, 0.5) is 0 Å². The van der Waals surface area contributed by atoms with E-state index in [1.54, 1.807) is 0 Å². The van der Waals surface area contributed by atoms with Crippen molar-refractivity contribution in [2.75, 3.05) is 0 Å². The SMILES string of the molecule is C=C(C)C1CCC(C)C(C)C1CC. The van der Waals surface area contributed by atoms with Crippen molar-refractivity contribution in [1.29, 1.82) is 0 Å². The first-order valence-electron chi connectivity index (χ1n) is 5.73. The van der Waals surface area contributed by atoms with Gasteiger partial charge in [-0.1, -0.05) is 39.3 Å². The van der Waals surface area contributed by atoms with Crippen LogP contribution in [-0.4, -0.2) is 0 Å². The average molecular weight is 180 g/mol. The Balaban J connectivity index is 2.71. The molecule has 0 N–H and O–H groups in total. The van der Waals surface area contributed by atoms with Gasteiger partial charge in [-0.3, -0.25) is 0 Å². The summed E-state index contributed by atoms with van der Waals surface area (Å²) < 4.78 is 0. The van der Waals surface area contributed by atoms with E-state index in [2.05, 4.69) is 34.3 Å². The van der Waals surface area contributed by atoms with Crippen LogP contribution in [-0.2, 0) is 0 Å². The van der Waals surface area contributed by atoms with E-state index >= 15 is 0 Å². The first kappa shape index (κ1) is 10.8. The van der Waals surface area contributed by atoms with Crippen molar-refractivity contribution in [1.82, 2.24) is 0 Å². The molecule has 0 saturated heterocycles. The molecule has 0 radical (unpaired) electrons. The predicted octanol–water partition coefficient (Wildman–Crippen LogP) is 4.27. The van der Waals surface area contributed by atoms with Crippen molar-refractivity contribution in [2.24, 2.45) is 23.7 Å². The Bertz CT molecular complexity index is 180. The second-order valence-electron chi connectivity index (χ2n) is 4.94. The van der Waals surface area contributed by atoms with E-state index < -0.39 is 0 Å². The molecule has 4 atom stereocenters. The summed E-state index contributed by atoms with van der Waals surface area (Å²) in [7, 11) is 0. The lowest BCUT2D eigenvalue weighted by atomic mass is 9.65. The zero-order valence-corrected chi connectivity index (χ0v) is 9.64. The number of hydrogen-bond donors (Lipinski definition) is 0. The molecule has 0 heterocycles. The second kappa shape index (κ2) is 4.30. The van der Waals surface area contributed by atoms with Crippen molar-refractivity contribution in [3.8, 4) is 0 Å². The summed E-state index contributed by atoms with van der Waals surface area (Å²) in [5, 5.41) is 0. The van der Waals surface area contributed by atoms with E-state index in [0.29, 0.717) is 0 Å². The normalized spacial score (nSPS) is 40.3. The molecule has 0 heteroatoms. The van der Waals surface area contributed by atoms with Gasteiger partial charge in [0.05, 0.1) is 0 Å². The Morgan fingerprint density at radius 1 is 1.31 bits per heavy atom. The number of allylic oxidation sites excluding steroid dienone is 1. The maximum absolute atomic E-state index is 4.14. The standard InChI is InChI=1S/C13H24/c1-6-12-11(5)10(4)7-8-13(12)9(2)3/h10-13H,2,6-8H2,1,3-5H3. The molecule has 1 fully saturated rings. The minimum Gasteiger partial charge on any atom is -0.0999 e. The third kappa shape index (κ3) is 2.15. The zero-order valence-electron chi connectivity index (χ0n) is 9.64. The number of hydrogen-bond acceptors (Lipinski definition) is 0. The van der Waals surface area contributed by atoms with Gasteiger partial charge in [0.1, 0.15) is 0 Å². The van der Waals surface area contributed by atoms with Gasteiger partial charge in [0.15, 0.2) is 0 Å². The van der Waals surface area contributed by atoms with E-state index in [9.17, 15) is 0 Å². The Labute approximate surface area is 83.4 Å². The molecule has 0 spiro atoms. The summed E-state index contributed by atoms with van der Waals surface area (Å²) in [5.74, 6) is 3.50. The van der Waals surface area contributed by atoms with Gasteiger partial charge < -0.3 is 0 Å². The molecule has 76 valence electrons. The van der Waals surface area contributed by atoms with Gasteiger partial charge in [-0.15, -0.1) is 0 Å². The van der Waals surface area contributed by atoms with Crippen molar-refractivity contribution < 1.29 is 0 Å². The number of rotatable bonds is 2. The lowest BCUT2D eigenvalue weighted by molar-refractivity contribution is 0.128. The van der Waals surface area contributed by atoms with E-state index in [1.165, 1.54) is 24.8 Å². The van der Waals surface area contributed by atoms with E-state index in [4.69, 9.17) is 0 Å². The van der Waals surface area contributed by atoms with E-state index in [1.807, 2.05) is 0 Å². The molecule has 0 aromatic rings. The summed E-state index contributed by atoms with van der Waals surface area (Å²) >= 11 is 0. The van der Waals surface area contributed by atoms with Gasteiger partial charge >= 0.3 is 0 Å². The van der Waals surface area contributed by atoms with Crippen molar-refractivity contribution in [3.63, 3.8) is 0 Å². The minimum absolute atomic E-state index is 0.802. The van der Waals surface area contributed by atoms with Gasteiger partial charge in [-0.2, -0.15) is 0 Å². The van der Waals surface area contributed by atoms with Crippen molar-refractivity contribution >= 4 is 0 Å². The van der Waals surface area contributed by atoms with Crippen LogP contribution in [0.1, 0.15) is 47.0 Å². The van der Waals surface area contributed by atoms with Crippen LogP contribution in [0, 0.1) is 23.7 Å². The highest BCUT2D eigenvalue weighted by Gasteiger charge is 2.33. The van der Waals surface area contributed by atoms with Gasteiger partial charge in [-0.05, 0) is 43.4 Å². The molecule has 0 aliphatic heterocycles. The van der Waals surface area contributed by atoms with Gasteiger partial charge in [-0.25, -0.2) is 0 Å². The van der Waals surface area contributed by atoms with Crippen LogP contribution in [0.15, 0.2) is 12.2 Å². The lowest BCUT2D eigenvalue weighted by Crippen LogP contribution is -2.31. The molecule has 0 bridgehead atoms. The van der Waals surface area contributed by atoms with Crippen LogP contribution in [0.2, 0.25) is 0 Å². The second-order valence-corrected chi connectivity index (χ2v) is 4.94. The molecule has 1 aliphatic carbocycles. The zero-order chi connectivity index (χ0) is 10.0. The third-order valence-electron chi connectivity index (χ3n) is 4.13. The molecular weight excluding hydrogens is 156 g/mol. The van der Waals surface area contributed by atoms with Crippen LogP contribution < -0.4 is 0 Å². The van der Waals surface area contributed by atoms with E-state index in [0.717, 1.165) is 23.7 Å². The topological polar surface area (TPSA) is 0 Å². The molecule has 13 heavy (non-hydrogen) atoms. The highest BCUT2D eigenvalue weighted by molar-refractivity contribution is 5.02. The average Bonchev–Trinajstić information content (AvgIpc) is 2.09. The first-order chi connectivity index (χ1) is 6.07. The minimum atomic E-state index is 0.802. The fraction of sp³-hybridized carbons (Fsp3) is 0.846. The molecule has 0 aromatic carbocycles. The maximum Gasteiger partial charge on any atom is -0.0178 e. The Kier molecular flexibility index (Phi) is 3.58. The smallest absolute Gasteiger partial charge is 0.0178 e. The van der Waals surface area contributed by atoms with Crippen LogP contribution in [0.3, 0.4) is 0 Å². The molecule has 0 amide bonds. The van der Waals surface area contributed by atoms with E-state index in [-0.39, 0.29) is 0 Å². The van der Waals surface area contributed by atoms with Crippen LogP contribution >= 0.6 is 0 Å².